The highest BCUT2D eigenvalue weighted by Crippen LogP contribution is 2.11. The van der Waals surface area contributed by atoms with Gasteiger partial charge in [0.25, 0.3) is 5.56 Å². The zero-order valence-electron chi connectivity index (χ0n) is 13.9. The highest BCUT2D eigenvalue weighted by molar-refractivity contribution is 5.88. The Labute approximate surface area is 147 Å². The number of rotatable bonds is 5. The van der Waals surface area contributed by atoms with Gasteiger partial charge in [0.2, 0.25) is 17.5 Å². The first-order valence-electron chi connectivity index (χ1n) is 7.73. The number of carbonyl (C=O) groups excluding carboxylic acids is 2. The first-order valence-corrected chi connectivity index (χ1v) is 7.73. The van der Waals surface area contributed by atoms with E-state index in [1.54, 1.807) is 12.1 Å². The van der Waals surface area contributed by atoms with E-state index in [-0.39, 0.29) is 29.4 Å². The number of nitrogens with two attached hydrogens (primary N) is 1. The first kappa shape index (κ1) is 17.1. The van der Waals surface area contributed by atoms with Crippen LogP contribution in [-0.2, 0) is 16.0 Å². The van der Waals surface area contributed by atoms with Crippen LogP contribution in [0.5, 0.6) is 0 Å². The number of hydrogen-bond donors (Lipinski definition) is 3. The summed E-state index contributed by atoms with van der Waals surface area (Å²) in [6.07, 6.45) is 1.74. The minimum absolute atomic E-state index is 0.0283. The number of anilines is 2. The lowest BCUT2D eigenvalue weighted by molar-refractivity contribution is -0.143. The van der Waals surface area contributed by atoms with Crippen LogP contribution < -0.4 is 21.4 Å². The van der Waals surface area contributed by atoms with Gasteiger partial charge in [-0.1, -0.05) is 12.1 Å². The van der Waals surface area contributed by atoms with Crippen LogP contribution in [0, 0.1) is 0 Å². The number of carbonyl (C=O) groups is 2. The lowest BCUT2D eigenvalue weighted by Crippen LogP contribution is -2.21. The van der Waals surface area contributed by atoms with Crippen molar-refractivity contribution in [2.45, 2.75) is 19.8 Å². The van der Waals surface area contributed by atoms with Crippen LogP contribution in [0.25, 0.3) is 11.2 Å². The van der Waals surface area contributed by atoms with Crippen LogP contribution in [0.3, 0.4) is 0 Å². The number of nitrogen functional groups attached to an aromatic ring is 1. The molecule has 0 aliphatic carbocycles. The zero-order valence-corrected chi connectivity index (χ0v) is 13.9. The molecule has 4 N–H and O–H groups in total. The molecule has 1 amide bonds. The van der Waals surface area contributed by atoms with Gasteiger partial charge in [-0.15, -0.1) is 4.73 Å². The molecule has 0 fully saturated rings. The van der Waals surface area contributed by atoms with Gasteiger partial charge >= 0.3 is 5.97 Å². The summed E-state index contributed by atoms with van der Waals surface area (Å²) >= 11 is 0. The number of imidazole rings is 1. The average molecular weight is 356 g/mol. The van der Waals surface area contributed by atoms with E-state index < -0.39 is 11.5 Å². The number of H-pyrrole nitrogens is 1. The Morgan fingerprint density at radius 1 is 1.31 bits per heavy atom. The third-order valence-corrected chi connectivity index (χ3v) is 3.49. The number of aryl methyl sites for hydroxylation is 1. The van der Waals surface area contributed by atoms with E-state index in [0.717, 1.165) is 10.3 Å². The summed E-state index contributed by atoms with van der Waals surface area (Å²) in [6.45, 7) is 1.43. The number of aromatic amines is 1. The summed E-state index contributed by atoms with van der Waals surface area (Å²) in [7, 11) is 0. The molecule has 10 heteroatoms. The molecule has 0 atom stereocenters. The van der Waals surface area contributed by atoms with Crippen LogP contribution in [0.1, 0.15) is 18.9 Å². The van der Waals surface area contributed by atoms with E-state index in [4.69, 9.17) is 10.6 Å². The van der Waals surface area contributed by atoms with Crippen molar-refractivity contribution in [3.63, 3.8) is 0 Å². The van der Waals surface area contributed by atoms with Crippen molar-refractivity contribution in [1.29, 1.82) is 0 Å². The Hall–Kier alpha value is -3.69. The van der Waals surface area contributed by atoms with E-state index in [0.29, 0.717) is 12.1 Å². The first-order chi connectivity index (χ1) is 12.4. The molecule has 2 aromatic heterocycles. The van der Waals surface area contributed by atoms with E-state index in [1.807, 2.05) is 12.1 Å². The van der Waals surface area contributed by atoms with Crippen molar-refractivity contribution in [3.05, 3.63) is 46.5 Å². The van der Waals surface area contributed by atoms with E-state index in [2.05, 4.69) is 20.3 Å². The summed E-state index contributed by atoms with van der Waals surface area (Å²) in [5.74, 6) is -0.766. The van der Waals surface area contributed by atoms with E-state index in [9.17, 15) is 14.4 Å². The molecule has 134 valence electrons. The Morgan fingerprint density at radius 3 is 2.73 bits per heavy atom. The minimum atomic E-state index is -0.518. The molecule has 2 heterocycles. The molecule has 10 nitrogen and oxygen atoms in total. The Balaban J connectivity index is 1.63. The second kappa shape index (κ2) is 7.05. The molecule has 0 saturated carbocycles. The summed E-state index contributed by atoms with van der Waals surface area (Å²) in [5.41, 5.74) is 6.66. The number of amides is 1. The van der Waals surface area contributed by atoms with Crippen molar-refractivity contribution < 1.29 is 14.4 Å². The van der Waals surface area contributed by atoms with Crippen LogP contribution >= 0.6 is 0 Å². The Bertz CT molecular complexity index is 1020. The number of aromatic nitrogens is 4. The highest BCUT2D eigenvalue weighted by Gasteiger charge is 2.13. The molecular weight excluding hydrogens is 340 g/mol. The smallest absolute Gasteiger partial charge is 0.333 e. The van der Waals surface area contributed by atoms with Gasteiger partial charge in [0.15, 0.2) is 5.52 Å². The predicted molar refractivity (Wildman–Crippen MR) is 93.2 cm³/mol. The third-order valence-electron chi connectivity index (χ3n) is 3.49. The van der Waals surface area contributed by atoms with Crippen molar-refractivity contribution >= 4 is 34.7 Å². The SMILES string of the molecule is CC(=O)Nc1ccc(CCC(=O)On2cnc3c(=O)[nH]c(N)nc32)cc1. The average Bonchev–Trinajstić information content (AvgIpc) is 2.97. The number of nitrogens with one attached hydrogen (secondary N) is 2. The quantitative estimate of drug-likeness (QED) is 0.594. The van der Waals surface area contributed by atoms with Gasteiger partial charge in [-0.25, -0.2) is 9.78 Å². The maximum atomic E-state index is 12.0. The summed E-state index contributed by atoms with van der Waals surface area (Å²) in [6, 6.07) is 7.13. The molecule has 1 aromatic carbocycles. The second-order valence-corrected chi connectivity index (χ2v) is 5.54. The molecule has 0 unspecified atom stereocenters. The number of hydrogen-bond acceptors (Lipinski definition) is 7. The predicted octanol–water partition coefficient (Wildman–Crippen LogP) is 0.248. The van der Waals surface area contributed by atoms with Crippen LogP contribution in [-0.4, -0.2) is 31.6 Å². The third kappa shape index (κ3) is 3.86. The maximum absolute atomic E-state index is 12.0. The van der Waals surface area contributed by atoms with Gasteiger partial charge in [-0.2, -0.15) is 4.98 Å². The Kier molecular flexibility index (Phi) is 4.65. The monoisotopic (exact) mass is 356 g/mol. The normalized spacial score (nSPS) is 10.7. The molecule has 0 spiro atoms. The maximum Gasteiger partial charge on any atom is 0.333 e. The van der Waals surface area contributed by atoms with Crippen molar-refractivity contribution in [2.24, 2.45) is 0 Å². The molecular formula is C16H16N6O4. The second-order valence-electron chi connectivity index (χ2n) is 5.54. The Morgan fingerprint density at radius 2 is 2.04 bits per heavy atom. The lowest BCUT2D eigenvalue weighted by Gasteiger charge is -2.06. The molecule has 0 radical (unpaired) electrons. The standard InChI is InChI=1S/C16H16N6O4/c1-9(23)19-11-5-2-10(3-6-11)4-7-12(24)26-22-8-18-13-14(22)20-16(17)21-15(13)25/h2-3,5-6,8H,4,7H2,1H3,(H,19,23)(H3,17,20,21,25). The van der Waals surface area contributed by atoms with Crippen LogP contribution in [0.15, 0.2) is 35.4 Å². The summed E-state index contributed by atoms with van der Waals surface area (Å²) in [5, 5.41) is 2.67. The van der Waals surface area contributed by atoms with Gasteiger partial charge in [0.1, 0.15) is 6.33 Å². The van der Waals surface area contributed by atoms with Crippen molar-refractivity contribution in [3.8, 4) is 0 Å². The van der Waals surface area contributed by atoms with Crippen molar-refractivity contribution in [2.75, 3.05) is 11.1 Å². The molecule has 0 saturated heterocycles. The highest BCUT2D eigenvalue weighted by atomic mass is 16.7. The molecule has 0 aliphatic heterocycles. The summed E-state index contributed by atoms with van der Waals surface area (Å²) in [4.78, 5) is 49.9. The topological polar surface area (TPSA) is 145 Å². The fourth-order valence-electron chi connectivity index (χ4n) is 2.33. The molecule has 0 aliphatic rings. The van der Waals surface area contributed by atoms with E-state index in [1.165, 1.54) is 13.3 Å². The number of fused-ring (bicyclic) bond motifs is 1. The zero-order chi connectivity index (χ0) is 18.7. The summed E-state index contributed by atoms with van der Waals surface area (Å²) < 4.78 is 1.02. The van der Waals surface area contributed by atoms with Crippen molar-refractivity contribution in [1.82, 2.24) is 19.7 Å². The van der Waals surface area contributed by atoms with Gasteiger partial charge in [-0.3, -0.25) is 14.6 Å². The lowest BCUT2D eigenvalue weighted by atomic mass is 10.1. The molecule has 3 aromatic rings. The van der Waals surface area contributed by atoms with Gasteiger partial charge in [0.05, 0.1) is 6.42 Å². The van der Waals surface area contributed by atoms with E-state index >= 15 is 0 Å². The minimum Gasteiger partial charge on any atom is -0.369 e. The van der Waals surface area contributed by atoms with Gasteiger partial charge in [0, 0.05) is 12.6 Å². The number of benzene rings is 1. The van der Waals surface area contributed by atoms with Gasteiger partial charge in [-0.05, 0) is 24.1 Å². The fraction of sp³-hybridized carbons (Fsp3) is 0.188. The van der Waals surface area contributed by atoms with Crippen LogP contribution in [0.4, 0.5) is 11.6 Å². The molecule has 26 heavy (non-hydrogen) atoms. The largest absolute Gasteiger partial charge is 0.369 e. The molecule has 3 rings (SSSR count). The van der Waals surface area contributed by atoms with Gasteiger partial charge < -0.3 is 15.9 Å². The molecule has 0 bridgehead atoms. The van der Waals surface area contributed by atoms with Crippen LogP contribution in [0.2, 0.25) is 0 Å². The fourth-order valence-corrected chi connectivity index (χ4v) is 2.33. The number of nitrogens with zero attached hydrogens (tertiary/aromatic N) is 3.